The van der Waals surface area contributed by atoms with Gasteiger partial charge >= 0.3 is 0 Å². The van der Waals surface area contributed by atoms with Gasteiger partial charge in [0.05, 0.1) is 24.9 Å². The van der Waals surface area contributed by atoms with Crippen LogP contribution in [-0.4, -0.2) is 65.4 Å². The summed E-state index contributed by atoms with van der Waals surface area (Å²) in [5, 5.41) is 25.7. The second-order valence-corrected chi connectivity index (χ2v) is 10.4. The zero-order valence-corrected chi connectivity index (χ0v) is 21.6. The number of nitrogens with zero attached hydrogens (tertiary/aromatic N) is 6. The number of fused-ring (bicyclic) bond motifs is 5. The standard InChI is InChI=1S/C26H25F2N7O5/c1-13-7-17(27)15(18(28)8-13)10-29-24(38)16-11-34-19-12-33(25(39)21(34)23(37)22(16)36)14(2)3-4-26(19)9-20(32-40-26)35-30-5-6-31-35/h5-8,11,14,19,37H,3-4,9-10,12H2,1-2H3,(H,29,38)/t14-,19+,26-/m0/s1. The number of nitrogens with one attached hydrogen (secondary N) is 1. The molecule has 1 saturated heterocycles. The van der Waals surface area contributed by atoms with Gasteiger partial charge in [-0.15, -0.1) is 4.80 Å². The van der Waals surface area contributed by atoms with Crippen LogP contribution in [0, 0.1) is 18.6 Å². The van der Waals surface area contributed by atoms with E-state index in [-0.39, 0.29) is 30.3 Å². The minimum absolute atomic E-state index is 0.172. The Labute approximate surface area is 225 Å². The van der Waals surface area contributed by atoms with Crippen molar-refractivity contribution in [2.75, 3.05) is 6.54 Å². The Morgan fingerprint density at radius 1 is 1.23 bits per heavy atom. The molecule has 0 aliphatic carbocycles. The highest BCUT2D eigenvalue weighted by Gasteiger charge is 2.54. The Bertz CT molecular complexity index is 1610. The Hall–Kier alpha value is -4.62. The van der Waals surface area contributed by atoms with Gasteiger partial charge < -0.3 is 24.7 Å². The molecule has 0 unspecified atom stereocenters. The number of carbonyl (C=O) groups is 2. The first-order valence-electron chi connectivity index (χ1n) is 12.7. The third-order valence-corrected chi connectivity index (χ3v) is 7.90. The van der Waals surface area contributed by atoms with Crippen molar-refractivity contribution in [3.05, 3.63) is 75.0 Å². The van der Waals surface area contributed by atoms with Crippen molar-refractivity contribution < 1.29 is 28.3 Å². The molecule has 12 nitrogen and oxygen atoms in total. The molecular weight excluding hydrogens is 528 g/mol. The minimum Gasteiger partial charge on any atom is -0.503 e. The zero-order chi connectivity index (χ0) is 28.3. The summed E-state index contributed by atoms with van der Waals surface area (Å²) >= 11 is 0. The summed E-state index contributed by atoms with van der Waals surface area (Å²) in [6, 6.07) is 1.39. The molecular formula is C26H25F2N7O5. The van der Waals surface area contributed by atoms with Gasteiger partial charge in [0.2, 0.25) is 5.43 Å². The normalized spacial score (nSPS) is 23.4. The van der Waals surface area contributed by atoms with Gasteiger partial charge in [0.15, 0.2) is 22.9 Å². The number of oxime groups is 1. The van der Waals surface area contributed by atoms with Crippen LogP contribution in [0.4, 0.5) is 8.78 Å². The molecule has 3 atom stereocenters. The van der Waals surface area contributed by atoms with E-state index in [4.69, 9.17) is 4.84 Å². The van der Waals surface area contributed by atoms with Crippen molar-refractivity contribution >= 4 is 17.6 Å². The number of rotatable bonds is 3. The SMILES string of the molecule is Cc1cc(F)c(CNC(=O)c2cn3c(c(O)c2=O)C(=O)N2C[C@@H]3[C@]3(CC[C@@H]2C)CC(n2nccn2)=NO3)c(F)c1. The van der Waals surface area contributed by atoms with E-state index >= 15 is 0 Å². The Kier molecular flexibility index (Phi) is 5.93. The number of aromatic nitrogens is 4. The highest BCUT2D eigenvalue weighted by atomic mass is 19.1. The summed E-state index contributed by atoms with van der Waals surface area (Å²) in [4.78, 5) is 48.6. The quantitative estimate of drug-likeness (QED) is 0.504. The van der Waals surface area contributed by atoms with Crippen molar-refractivity contribution in [2.45, 2.75) is 57.3 Å². The van der Waals surface area contributed by atoms with E-state index in [1.807, 2.05) is 6.92 Å². The van der Waals surface area contributed by atoms with Crippen LogP contribution in [0.25, 0.3) is 0 Å². The van der Waals surface area contributed by atoms with Gasteiger partial charge in [0.1, 0.15) is 17.2 Å². The number of halogens is 2. The molecule has 1 spiro atoms. The summed E-state index contributed by atoms with van der Waals surface area (Å²) < 4.78 is 30.0. The average molecular weight is 554 g/mol. The average Bonchev–Trinajstić information content (AvgIpc) is 3.57. The van der Waals surface area contributed by atoms with Gasteiger partial charge in [-0.2, -0.15) is 10.2 Å². The molecule has 40 heavy (non-hydrogen) atoms. The van der Waals surface area contributed by atoms with Gasteiger partial charge in [-0.25, -0.2) is 8.78 Å². The molecule has 1 aromatic carbocycles. The number of benzene rings is 1. The van der Waals surface area contributed by atoms with E-state index in [9.17, 15) is 28.3 Å². The van der Waals surface area contributed by atoms with Crippen LogP contribution in [0.2, 0.25) is 0 Å². The van der Waals surface area contributed by atoms with Crippen LogP contribution >= 0.6 is 0 Å². The molecule has 3 aliphatic heterocycles. The van der Waals surface area contributed by atoms with Gasteiger partial charge in [0, 0.05) is 30.9 Å². The molecule has 14 heteroatoms. The Balaban J connectivity index is 1.39. The fourth-order valence-corrected chi connectivity index (χ4v) is 5.71. The van der Waals surface area contributed by atoms with Crippen molar-refractivity contribution in [1.29, 1.82) is 0 Å². The predicted molar refractivity (Wildman–Crippen MR) is 135 cm³/mol. The number of hydrogen-bond acceptors (Lipinski definition) is 8. The van der Waals surface area contributed by atoms with Crippen LogP contribution in [-0.2, 0) is 11.4 Å². The lowest BCUT2D eigenvalue weighted by molar-refractivity contribution is -0.0655. The molecule has 5 heterocycles. The van der Waals surface area contributed by atoms with Crippen LogP contribution in [0.3, 0.4) is 0 Å². The highest BCUT2D eigenvalue weighted by Crippen LogP contribution is 2.46. The molecule has 6 rings (SSSR count). The molecule has 3 aromatic rings. The topological polar surface area (TPSA) is 144 Å². The fraction of sp³-hybridized carbons (Fsp3) is 0.385. The summed E-state index contributed by atoms with van der Waals surface area (Å²) in [5.41, 5.74) is -2.83. The van der Waals surface area contributed by atoms with E-state index < -0.39 is 58.4 Å². The molecule has 0 radical (unpaired) electrons. The molecule has 2 amide bonds. The lowest BCUT2D eigenvalue weighted by Gasteiger charge is -2.41. The van der Waals surface area contributed by atoms with Gasteiger partial charge in [-0.1, -0.05) is 5.16 Å². The van der Waals surface area contributed by atoms with Gasteiger partial charge in [-0.05, 0) is 44.4 Å². The third kappa shape index (κ3) is 3.93. The molecule has 2 aromatic heterocycles. The van der Waals surface area contributed by atoms with E-state index in [1.54, 1.807) is 4.90 Å². The van der Waals surface area contributed by atoms with Crippen LogP contribution in [0.15, 0.2) is 40.7 Å². The maximum Gasteiger partial charge on any atom is 0.274 e. The zero-order valence-electron chi connectivity index (χ0n) is 21.6. The highest BCUT2D eigenvalue weighted by molar-refractivity contribution is 5.99. The molecule has 0 saturated carbocycles. The van der Waals surface area contributed by atoms with Crippen molar-refractivity contribution in [3.63, 3.8) is 0 Å². The predicted octanol–water partition coefficient (Wildman–Crippen LogP) is 1.86. The number of carbonyl (C=O) groups excluding carboxylic acids is 2. The maximum absolute atomic E-state index is 14.3. The molecule has 2 bridgehead atoms. The van der Waals surface area contributed by atoms with Crippen LogP contribution < -0.4 is 10.7 Å². The van der Waals surface area contributed by atoms with Crippen molar-refractivity contribution in [3.8, 4) is 5.75 Å². The number of pyridine rings is 1. The van der Waals surface area contributed by atoms with Crippen molar-refractivity contribution in [1.82, 2.24) is 29.8 Å². The summed E-state index contributed by atoms with van der Waals surface area (Å²) in [7, 11) is 0. The van der Waals surface area contributed by atoms with Crippen molar-refractivity contribution in [2.24, 2.45) is 5.16 Å². The Morgan fingerprint density at radius 2 is 1.93 bits per heavy atom. The molecule has 3 aliphatic rings. The monoisotopic (exact) mass is 553 g/mol. The molecule has 208 valence electrons. The first-order valence-corrected chi connectivity index (χ1v) is 12.7. The Morgan fingerprint density at radius 3 is 2.62 bits per heavy atom. The number of aromatic hydroxyl groups is 1. The number of hydrogen-bond donors (Lipinski definition) is 2. The number of amides is 2. The van der Waals surface area contributed by atoms with E-state index in [1.165, 1.54) is 34.9 Å². The van der Waals surface area contributed by atoms with E-state index in [2.05, 4.69) is 20.7 Å². The lowest BCUT2D eigenvalue weighted by atomic mass is 9.85. The van der Waals surface area contributed by atoms with Crippen LogP contribution in [0.1, 0.15) is 64.2 Å². The summed E-state index contributed by atoms with van der Waals surface area (Å²) in [6.45, 7) is 3.04. The minimum atomic E-state index is -1.08. The fourth-order valence-electron chi connectivity index (χ4n) is 5.71. The summed E-state index contributed by atoms with van der Waals surface area (Å²) in [5.74, 6) is -3.66. The molecule has 1 fully saturated rings. The smallest absolute Gasteiger partial charge is 0.274 e. The van der Waals surface area contributed by atoms with E-state index in [0.717, 1.165) is 12.1 Å². The molecule has 2 N–H and O–H groups in total. The first kappa shape index (κ1) is 25.6. The van der Waals surface area contributed by atoms with Gasteiger partial charge in [0.25, 0.3) is 11.8 Å². The lowest BCUT2D eigenvalue weighted by Crippen LogP contribution is -2.52. The second-order valence-electron chi connectivity index (χ2n) is 10.4. The first-order chi connectivity index (χ1) is 19.1. The van der Waals surface area contributed by atoms with Gasteiger partial charge in [-0.3, -0.25) is 14.4 Å². The van der Waals surface area contributed by atoms with E-state index in [0.29, 0.717) is 24.2 Å². The largest absolute Gasteiger partial charge is 0.503 e. The second kappa shape index (κ2) is 9.24. The maximum atomic E-state index is 14.3. The summed E-state index contributed by atoms with van der Waals surface area (Å²) in [6.07, 6.45) is 5.48. The van der Waals surface area contributed by atoms with Crippen LogP contribution in [0.5, 0.6) is 5.75 Å². The third-order valence-electron chi connectivity index (χ3n) is 7.90. The number of aryl methyl sites for hydroxylation is 1.